The molecule has 5 atom stereocenters. The lowest BCUT2D eigenvalue weighted by atomic mass is 9.90. The minimum absolute atomic E-state index is 0.363. The summed E-state index contributed by atoms with van der Waals surface area (Å²) in [6, 6.07) is 0. The molecule has 0 spiro atoms. The van der Waals surface area contributed by atoms with Crippen molar-refractivity contribution in [2.24, 2.45) is 5.92 Å². The maximum Gasteiger partial charge on any atom is 0.129 e. The summed E-state index contributed by atoms with van der Waals surface area (Å²) in [7, 11) is 0. The van der Waals surface area contributed by atoms with Crippen LogP contribution in [-0.2, 0) is 4.74 Å². The third kappa shape index (κ3) is 3.63. The molecule has 1 saturated heterocycles. The molecule has 1 radical (unpaired) electrons. The Morgan fingerprint density at radius 1 is 1.24 bits per heavy atom. The van der Waals surface area contributed by atoms with Crippen molar-refractivity contribution in [1.29, 1.82) is 0 Å². The van der Waals surface area contributed by atoms with Crippen molar-refractivity contribution in [3.05, 3.63) is 6.10 Å². The monoisotopic (exact) mass is 247 g/mol. The van der Waals surface area contributed by atoms with E-state index in [0.29, 0.717) is 18.4 Å². The zero-order valence-electron chi connectivity index (χ0n) is 10.4. The van der Waals surface area contributed by atoms with Crippen LogP contribution in [0.4, 0.5) is 0 Å². The Balaban J connectivity index is 2.53. The first-order valence-corrected chi connectivity index (χ1v) is 6.18. The first kappa shape index (κ1) is 14.9. The molecule has 1 rings (SSSR count). The van der Waals surface area contributed by atoms with Gasteiger partial charge < -0.3 is 25.2 Å². The van der Waals surface area contributed by atoms with Crippen LogP contribution in [-0.4, -0.2) is 51.4 Å². The first-order valence-electron chi connectivity index (χ1n) is 6.18. The van der Waals surface area contributed by atoms with Gasteiger partial charge in [-0.25, -0.2) is 0 Å². The van der Waals surface area contributed by atoms with Gasteiger partial charge in [0.1, 0.15) is 30.5 Å². The van der Waals surface area contributed by atoms with Crippen molar-refractivity contribution >= 4 is 0 Å². The normalized spacial score (nSPS) is 37.1. The molecule has 0 amide bonds. The highest BCUT2D eigenvalue weighted by Gasteiger charge is 2.43. The molecule has 17 heavy (non-hydrogen) atoms. The van der Waals surface area contributed by atoms with E-state index in [2.05, 4.69) is 13.8 Å². The Morgan fingerprint density at radius 2 is 1.88 bits per heavy atom. The quantitative estimate of drug-likeness (QED) is 0.541. The average Bonchev–Trinajstić information content (AvgIpc) is 2.34. The Kier molecular flexibility index (Phi) is 5.82. The molecule has 0 aromatic carbocycles. The summed E-state index contributed by atoms with van der Waals surface area (Å²) in [5.41, 5.74) is 0. The van der Waals surface area contributed by atoms with Crippen molar-refractivity contribution in [3.63, 3.8) is 0 Å². The van der Waals surface area contributed by atoms with Gasteiger partial charge in [-0.3, -0.25) is 0 Å². The van der Waals surface area contributed by atoms with Gasteiger partial charge in [0.2, 0.25) is 0 Å². The van der Waals surface area contributed by atoms with Gasteiger partial charge >= 0.3 is 0 Å². The fraction of sp³-hybridized carbons (Fsp3) is 0.917. The molecular formula is C12H23O5. The van der Waals surface area contributed by atoms with E-state index < -0.39 is 24.4 Å². The van der Waals surface area contributed by atoms with Crippen LogP contribution >= 0.6 is 0 Å². The molecule has 0 saturated carbocycles. The van der Waals surface area contributed by atoms with Gasteiger partial charge in [-0.05, 0) is 18.8 Å². The highest BCUT2D eigenvalue weighted by atomic mass is 16.5. The molecule has 0 bridgehead atoms. The lowest BCUT2D eigenvalue weighted by molar-refractivity contribution is -0.192. The van der Waals surface area contributed by atoms with E-state index in [1.54, 1.807) is 0 Å². The van der Waals surface area contributed by atoms with E-state index in [-0.39, 0.29) is 6.61 Å². The summed E-state index contributed by atoms with van der Waals surface area (Å²) in [6.45, 7) is 3.81. The van der Waals surface area contributed by atoms with Crippen LogP contribution in [0.25, 0.3) is 0 Å². The predicted octanol–water partition coefficient (Wildman–Crippen LogP) is -0.182. The SMILES string of the molecule is CCC(C)CC[C]1O[C@H](CO)[C@H](O)[C@H](O)[C@H]1O. The lowest BCUT2D eigenvalue weighted by Crippen LogP contribution is -2.55. The fourth-order valence-electron chi connectivity index (χ4n) is 1.88. The first-order chi connectivity index (χ1) is 8.01. The lowest BCUT2D eigenvalue weighted by Gasteiger charge is -2.39. The molecule has 1 aliphatic heterocycles. The van der Waals surface area contributed by atoms with E-state index >= 15 is 0 Å². The highest BCUT2D eigenvalue weighted by molar-refractivity contribution is 5.02. The van der Waals surface area contributed by atoms with Crippen LogP contribution in [0.5, 0.6) is 0 Å². The molecular weight excluding hydrogens is 224 g/mol. The molecule has 0 aliphatic carbocycles. The molecule has 1 unspecified atom stereocenters. The summed E-state index contributed by atoms with van der Waals surface area (Å²) in [4.78, 5) is 0. The Morgan fingerprint density at radius 3 is 2.41 bits per heavy atom. The van der Waals surface area contributed by atoms with Gasteiger partial charge in [0.25, 0.3) is 0 Å². The zero-order valence-corrected chi connectivity index (χ0v) is 10.4. The second-order valence-corrected chi connectivity index (χ2v) is 4.78. The molecule has 5 heteroatoms. The summed E-state index contributed by atoms with van der Waals surface area (Å²) in [6.07, 6.45) is -1.76. The summed E-state index contributed by atoms with van der Waals surface area (Å²) >= 11 is 0. The third-order valence-corrected chi connectivity index (χ3v) is 3.45. The van der Waals surface area contributed by atoms with Gasteiger partial charge in [-0.1, -0.05) is 20.3 Å². The summed E-state index contributed by atoms with van der Waals surface area (Å²) in [5, 5.41) is 37.9. The molecule has 0 aromatic heterocycles. The maximum absolute atomic E-state index is 9.75. The van der Waals surface area contributed by atoms with Gasteiger partial charge in [-0.15, -0.1) is 0 Å². The van der Waals surface area contributed by atoms with E-state index in [1.165, 1.54) is 0 Å². The topological polar surface area (TPSA) is 90.2 Å². The maximum atomic E-state index is 9.75. The number of rotatable bonds is 5. The average molecular weight is 247 g/mol. The van der Waals surface area contributed by atoms with Crippen LogP contribution in [0.3, 0.4) is 0 Å². The number of hydrogen-bond donors (Lipinski definition) is 4. The number of hydrogen-bond acceptors (Lipinski definition) is 5. The molecule has 1 heterocycles. The van der Waals surface area contributed by atoms with Crippen LogP contribution in [0, 0.1) is 12.0 Å². The number of ether oxygens (including phenoxy) is 1. The van der Waals surface area contributed by atoms with Gasteiger partial charge in [0.05, 0.1) is 6.61 Å². The molecule has 101 valence electrons. The molecule has 0 aromatic rings. The standard InChI is InChI=1S/C12H23O5/c1-3-7(2)4-5-8-10(14)12(16)11(15)9(6-13)17-8/h7,9-16H,3-6H2,1-2H3/t7?,9-,10+,11+,12-/m1/s1. The minimum atomic E-state index is -1.28. The van der Waals surface area contributed by atoms with Crippen LogP contribution in [0.2, 0.25) is 0 Å². The van der Waals surface area contributed by atoms with Crippen molar-refractivity contribution in [2.45, 2.75) is 57.5 Å². The summed E-state index contributed by atoms with van der Waals surface area (Å²) in [5.74, 6) is 0.509. The van der Waals surface area contributed by atoms with Crippen LogP contribution < -0.4 is 0 Å². The largest absolute Gasteiger partial charge is 0.394 e. The van der Waals surface area contributed by atoms with Crippen molar-refractivity contribution < 1.29 is 25.2 Å². The Bertz CT molecular complexity index is 221. The van der Waals surface area contributed by atoms with E-state index in [4.69, 9.17) is 9.84 Å². The zero-order chi connectivity index (χ0) is 13.0. The van der Waals surface area contributed by atoms with Crippen molar-refractivity contribution in [1.82, 2.24) is 0 Å². The minimum Gasteiger partial charge on any atom is -0.394 e. The molecule has 1 aliphatic rings. The molecule has 5 nitrogen and oxygen atoms in total. The second kappa shape index (κ2) is 6.66. The van der Waals surface area contributed by atoms with E-state index in [1.807, 2.05) is 0 Å². The van der Waals surface area contributed by atoms with Gasteiger partial charge in [0.15, 0.2) is 0 Å². The fourth-order valence-corrected chi connectivity index (χ4v) is 1.88. The Hall–Kier alpha value is -0.200. The van der Waals surface area contributed by atoms with Gasteiger partial charge in [-0.2, -0.15) is 0 Å². The van der Waals surface area contributed by atoms with Crippen LogP contribution in [0.15, 0.2) is 0 Å². The van der Waals surface area contributed by atoms with Crippen molar-refractivity contribution in [3.8, 4) is 0 Å². The number of aliphatic hydroxyl groups is 4. The molecule has 4 N–H and O–H groups in total. The number of aliphatic hydroxyl groups excluding tert-OH is 4. The smallest absolute Gasteiger partial charge is 0.129 e. The third-order valence-electron chi connectivity index (χ3n) is 3.45. The van der Waals surface area contributed by atoms with Crippen LogP contribution in [0.1, 0.15) is 33.1 Å². The predicted molar refractivity (Wildman–Crippen MR) is 61.9 cm³/mol. The second-order valence-electron chi connectivity index (χ2n) is 4.78. The van der Waals surface area contributed by atoms with Gasteiger partial charge in [0, 0.05) is 0 Å². The highest BCUT2D eigenvalue weighted by Crippen LogP contribution is 2.30. The Labute approximate surface area is 102 Å². The van der Waals surface area contributed by atoms with E-state index in [0.717, 1.165) is 12.8 Å². The summed E-state index contributed by atoms with van der Waals surface area (Å²) < 4.78 is 5.33. The molecule has 1 fully saturated rings. The van der Waals surface area contributed by atoms with Crippen molar-refractivity contribution in [2.75, 3.05) is 6.61 Å². The van der Waals surface area contributed by atoms with E-state index in [9.17, 15) is 15.3 Å².